The number of hydrogen-bond donors (Lipinski definition) is 1. The van der Waals surface area contributed by atoms with Gasteiger partial charge in [0.2, 0.25) is 5.91 Å². The van der Waals surface area contributed by atoms with E-state index in [9.17, 15) is 4.79 Å². The minimum atomic E-state index is -0.179. The normalized spacial score (nSPS) is 26.3. The molecule has 1 amide bonds. The highest BCUT2D eigenvalue weighted by Crippen LogP contribution is 2.19. The standard InChI is InChI=1S/C13H25N3O2/c1-13(2)10-18-8-7-16(13)12(17)9-15-5-3-11(14)4-6-15/h11H,3-10,14H2,1-2H3. The van der Waals surface area contributed by atoms with Crippen LogP contribution < -0.4 is 5.73 Å². The van der Waals surface area contributed by atoms with Gasteiger partial charge in [0.15, 0.2) is 0 Å². The predicted molar refractivity (Wildman–Crippen MR) is 70.3 cm³/mol. The van der Waals surface area contributed by atoms with E-state index in [4.69, 9.17) is 10.5 Å². The zero-order valence-electron chi connectivity index (χ0n) is 11.5. The van der Waals surface area contributed by atoms with Crippen LogP contribution in [-0.2, 0) is 9.53 Å². The lowest BCUT2D eigenvalue weighted by Crippen LogP contribution is -2.58. The first-order chi connectivity index (χ1) is 8.49. The molecule has 2 heterocycles. The molecule has 2 aliphatic heterocycles. The summed E-state index contributed by atoms with van der Waals surface area (Å²) in [5.74, 6) is 0.221. The van der Waals surface area contributed by atoms with Crippen molar-refractivity contribution in [3.8, 4) is 0 Å². The molecule has 0 saturated carbocycles. The lowest BCUT2D eigenvalue weighted by Gasteiger charge is -2.43. The van der Waals surface area contributed by atoms with Crippen LogP contribution in [0.15, 0.2) is 0 Å². The van der Waals surface area contributed by atoms with Gasteiger partial charge in [0.1, 0.15) is 0 Å². The third-order valence-corrected chi connectivity index (χ3v) is 3.94. The lowest BCUT2D eigenvalue weighted by molar-refractivity contribution is -0.147. The molecule has 0 unspecified atom stereocenters. The zero-order valence-corrected chi connectivity index (χ0v) is 11.5. The van der Waals surface area contributed by atoms with Crippen LogP contribution in [-0.4, -0.2) is 66.7 Å². The van der Waals surface area contributed by atoms with Gasteiger partial charge < -0.3 is 15.4 Å². The molecule has 0 radical (unpaired) electrons. The topological polar surface area (TPSA) is 58.8 Å². The first-order valence-corrected chi connectivity index (χ1v) is 6.85. The van der Waals surface area contributed by atoms with E-state index in [2.05, 4.69) is 18.7 Å². The minimum absolute atomic E-state index is 0.179. The number of nitrogens with zero attached hydrogens (tertiary/aromatic N) is 2. The van der Waals surface area contributed by atoms with Crippen molar-refractivity contribution in [2.24, 2.45) is 5.73 Å². The van der Waals surface area contributed by atoms with E-state index in [-0.39, 0.29) is 11.4 Å². The first-order valence-electron chi connectivity index (χ1n) is 6.85. The minimum Gasteiger partial charge on any atom is -0.377 e. The Morgan fingerprint density at radius 2 is 2.00 bits per heavy atom. The quantitative estimate of drug-likeness (QED) is 0.757. The molecule has 2 rings (SSSR count). The summed E-state index contributed by atoms with van der Waals surface area (Å²) in [6.45, 7) is 8.53. The number of carbonyl (C=O) groups is 1. The van der Waals surface area contributed by atoms with Crippen molar-refractivity contribution in [2.75, 3.05) is 39.4 Å². The molecular weight excluding hydrogens is 230 g/mol. The van der Waals surface area contributed by atoms with Gasteiger partial charge in [-0.25, -0.2) is 0 Å². The van der Waals surface area contributed by atoms with E-state index in [1.807, 2.05) is 4.90 Å². The van der Waals surface area contributed by atoms with Gasteiger partial charge in [0, 0.05) is 25.7 Å². The molecule has 2 saturated heterocycles. The van der Waals surface area contributed by atoms with Crippen LogP contribution in [0.3, 0.4) is 0 Å². The zero-order chi connectivity index (χ0) is 13.2. The maximum atomic E-state index is 12.4. The summed E-state index contributed by atoms with van der Waals surface area (Å²) >= 11 is 0. The highest BCUT2D eigenvalue weighted by atomic mass is 16.5. The van der Waals surface area contributed by atoms with Crippen molar-refractivity contribution >= 4 is 5.91 Å². The average Bonchev–Trinajstić information content (AvgIpc) is 2.31. The van der Waals surface area contributed by atoms with Gasteiger partial charge in [0.05, 0.1) is 25.3 Å². The number of amides is 1. The molecule has 0 spiro atoms. The number of piperidine rings is 1. The number of hydrogen-bond acceptors (Lipinski definition) is 4. The maximum Gasteiger partial charge on any atom is 0.237 e. The molecule has 0 aliphatic carbocycles. The molecule has 5 heteroatoms. The number of ether oxygens (including phenoxy) is 1. The summed E-state index contributed by atoms with van der Waals surface area (Å²) in [7, 11) is 0. The fourth-order valence-electron chi connectivity index (χ4n) is 2.71. The predicted octanol–water partition coefficient (Wildman–Crippen LogP) is 0.0469. The number of morpholine rings is 1. The Balaban J connectivity index is 1.87. The molecule has 2 N–H and O–H groups in total. The summed E-state index contributed by atoms with van der Waals surface area (Å²) in [5.41, 5.74) is 5.70. The number of likely N-dealkylation sites (tertiary alicyclic amines) is 1. The molecule has 18 heavy (non-hydrogen) atoms. The molecule has 0 aromatic heterocycles. The number of nitrogens with two attached hydrogens (primary N) is 1. The van der Waals surface area contributed by atoms with Gasteiger partial charge in [0.25, 0.3) is 0 Å². The van der Waals surface area contributed by atoms with E-state index in [1.54, 1.807) is 0 Å². The Morgan fingerprint density at radius 3 is 2.61 bits per heavy atom. The van der Waals surface area contributed by atoms with Crippen LogP contribution in [0.5, 0.6) is 0 Å². The maximum absolute atomic E-state index is 12.4. The average molecular weight is 255 g/mol. The Labute approximate surface area is 109 Å². The Hall–Kier alpha value is -0.650. The van der Waals surface area contributed by atoms with Crippen molar-refractivity contribution in [1.82, 2.24) is 9.80 Å². The summed E-state index contributed by atoms with van der Waals surface area (Å²) in [6.07, 6.45) is 2.00. The second kappa shape index (κ2) is 5.55. The summed E-state index contributed by atoms with van der Waals surface area (Å²) < 4.78 is 5.45. The lowest BCUT2D eigenvalue weighted by atomic mass is 10.0. The molecule has 0 atom stereocenters. The molecule has 5 nitrogen and oxygen atoms in total. The fraction of sp³-hybridized carbons (Fsp3) is 0.923. The third kappa shape index (κ3) is 3.22. The van der Waals surface area contributed by atoms with E-state index in [0.29, 0.717) is 32.3 Å². The van der Waals surface area contributed by atoms with Gasteiger partial charge in [-0.1, -0.05) is 0 Å². The van der Waals surface area contributed by atoms with Crippen LogP contribution in [0.25, 0.3) is 0 Å². The highest BCUT2D eigenvalue weighted by Gasteiger charge is 2.34. The third-order valence-electron chi connectivity index (χ3n) is 3.94. The van der Waals surface area contributed by atoms with Crippen molar-refractivity contribution in [3.63, 3.8) is 0 Å². The molecule has 2 fully saturated rings. The molecule has 2 aliphatic rings. The molecular formula is C13H25N3O2. The van der Waals surface area contributed by atoms with Crippen molar-refractivity contribution in [1.29, 1.82) is 0 Å². The van der Waals surface area contributed by atoms with Gasteiger partial charge in [-0.05, 0) is 26.7 Å². The largest absolute Gasteiger partial charge is 0.377 e. The summed E-state index contributed by atoms with van der Waals surface area (Å²) in [6, 6.07) is 0.316. The van der Waals surface area contributed by atoms with E-state index in [1.165, 1.54) is 0 Å². The van der Waals surface area contributed by atoms with Crippen LogP contribution in [0.4, 0.5) is 0 Å². The first kappa shape index (κ1) is 13.8. The Bertz CT molecular complexity index is 299. The van der Waals surface area contributed by atoms with Gasteiger partial charge in [-0.3, -0.25) is 9.69 Å². The van der Waals surface area contributed by atoms with Gasteiger partial charge in [-0.2, -0.15) is 0 Å². The van der Waals surface area contributed by atoms with Crippen LogP contribution in [0, 0.1) is 0 Å². The van der Waals surface area contributed by atoms with Crippen molar-refractivity contribution in [3.05, 3.63) is 0 Å². The number of carbonyl (C=O) groups excluding carboxylic acids is 1. The second-order valence-corrected chi connectivity index (χ2v) is 6.02. The Morgan fingerprint density at radius 1 is 1.33 bits per heavy atom. The fourth-order valence-corrected chi connectivity index (χ4v) is 2.71. The Kier molecular flexibility index (Phi) is 4.25. The SMILES string of the molecule is CC1(C)COCCN1C(=O)CN1CCC(N)CC1. The highest BCUT2D eigenvalue weighted by molar-refractivity contribution is 5.79. The van der Waals surface area contributed by atoms with Crippen molar-refractivity contribution < 1.29 is 9.53 Å². The molecule has 0 aromatic carbocycles. The van der Waals surface area contributed by atoms with Crippen molar-refractivity contribution in [2.45, 2.75) is 38.3 Å². The van der Waals surface area contributed by atoms with E-state index < -0.39 is 0 Å². The molecule has 0 bridgehead atoms. The summed E-state index contributed by atoms with van der Waals surface area (Å²) in [5, 5.41) is 0. The van der Waals surface area contributed by atoms with Crippen LogP contribution in [0.1, 0.15) is 26.7 Å². The molecule has 0 aromatic rings. The van der Waals surface area contributed by atoms with Crippen LogP contribution in [0.2, 0.25) is 0 Å². The van der Waals surface area contributed by atoms with Crippen LogP contribution >= 0.6 is 0 Å². The molecule has 104 valence electrons. The van der Waals surface area contributed by atoms with E-state index >= 15 is 0 Å². The smallest absolute Gasteiger partial charge is 0.237 e. The van der Waals surface area contributed by atoms with E-state index in [0.717, 1.165) is 25.9 Å². The summed E-state index contributed by atoms with van der Waals surface area (Å²) in [4.78, 5) is 16.5. The van der Waals surface area contributed by atoms with Gasteiger partial charge in [-0.15, -0.1) is 0 Å². The monoisotopic (exact) mass is 255 g/mol. The number of rotatable bonds is 2. The van der Waals surface area contributed by atoms with Gasteiger partial charge >= 0.3 is 0 Å². The second-order valence-electron chi connectivity index (χ2n) is 6.02.